The molecule has 0 bridgehead atoms. The van der Waals surface area contributed by atoms with Gasteiger partial charge in [0.05, 0.1) is 5.69 Å². The van der Waals surface area contributed by atoms with Gasteiger partial charge in [0.1, 0.15) is 17.5 Å². The van der Waals surface area contributed by atoms with Crippen LogP contribution < -0.4 is 5.32 Å². The molecule has 5 heteroatoms. The Hall–Kier alpha value is -2.82. The minimum absolute atomic E-state index is 0.245. The molecule has 1 saturated carbocycles. The minimum Gasteiger partial charge on any atom is -0.367 e. The van der Waals surface area contributed by atoms with Crippen molar-refractivity contribution in [2.45, 2.75) is 25.8 Å². The first-order chi connectivity index (χ1) is 11.7. The van der Waals surface area contributed by atoms with Crippen molar-refractivity contribution in [3.63, 3.8) is 0 Å². The quantitative estimate of drug-likeness (QED) is 0.781. The van der Waals surface area contributed by atoms with Gasteiger partial charge in [0.15, 0.2) is 0 Å². The van der Waals surface area contributed by atoms with Gasteiger partial charge in [-0.1, -0.05) is 12.1 Å². The molecular weight excluding hydrogens is 303 g/mol. The summed E-state index contributed by atoms with van der Waals surface area (Å²) in [7, 11) is 0. The van der Waals surface area contributed by atoms with Crippen LogP contribution >= 0.6 is 0 Å². The second-order valence-corrected chi connectivity index (χ2v) is 6.07. The second-order valence-electron chi connectivity index (χ2n) is 6.07. The molecule has 1 fully saturated rings. The molecule has 1 aliphatic carbocycles. The lowest BCUT2D eigenvalue weighted by atomic mass is 10.0. The molecule has 0 unspecified atom stereocenters. The zero-order valence-corrected chi connectivity index (χ0v) is 13.3. The highest BCUT2D eigenvalue weighted by atomic mass is 19.1. The lowest BCUT2D eigenvalue weighted by Crippen LogP contribution is -2.05. The van der Waals surface area contributed by atoms with E-state index in [0.717, 1.165) is 34.0 Å². The second kappa shape index (κ2) is 6.00. The highest BCUT2D eigenvalue weighted by molar-refractivity contribution is 5.71. The summed E-state index contributed by atoms with van der Waals surface area (Å²) in [6.45, 7) is 1.89. The van der Waals surface area contributed by atoms with E-state index in [0.29, 0.717) is 6.04 Å². The molecule has 0 saturated heterocycles. The topological polar surface area (TPSA) is 50.7 Å². The van der Waals surface area contributed by atoms with E-state index in [-0.39, 0.29) is 5.82 Å². The average Bonchev–Trinajstić information content (AvgIpc) is 3.39. The van der Waals surface area contributed by atoms with Crippen LogP contribution in [0, 0.1) is 12.7 Å². The molecule has 0 radical (unpaired) electrons. The minimum atomic E-state index is -0.245. The number of pyridine rings is 1. The molecule has 24 heavy (non-hydrogen) atoms. The van der Waals surface area contributed by atoms with Gasteiger partial charge in [0.2, 0.25) is 0 Å². The third-order valence-corrected chi connectivity index (χ3v) is 3.98. The Kier molecular flexibility index (Phi) is 3.69. The Balaban J connectivity index is 1.70. The van der Waals surface area contributed by atoms with Gasteiger partial charge in [-0.2, -0.15) is 0 Å². The van der Waals surface area contributed by atoms with Crippen LogP contribution in [0.25, 0.3) is 22.4 Å². The predicted molar refractivity (Wildman–Crippen MR) is 92.0 cm³/mol. The van der Waals surface area contributed by atoms with Crippen molar-refractivity contribution < 1.29 is 4.39 Å². The molecule has 1 N–H and O–H groups in total. The number of benzene rings is 1. The average molecular weight is 320 g/mol. The van der Waals surface area contributed by atoms with Gasteiger partial charge in [0.25, 0.3) is 0 Å². The molecule has 3 aromatic rings. The maximum absolute atomic E-state index is 13.1. The molecule has 0 aliphatic heterocycles. The van der Waals surface area contributed by atoms with Gasteiger partial charge in [-0.25, -0.2) is 14.4 Å². The number of rotatable bonds is 4. The van der Waals surface area contributed by atoms with Crippen molar-refractivity contribution in [2.75, 3.05) is 5.32 Å². The maximum atomic E-state index is 13.1. The van der Waals surface area contributed by atoms with Crippen molar-refractivity contribution >= 4 is 5.82 Å². The van der Waals surface area contributed by atoms with Gasteiger partial charge in [-0.3, -0.25) is 4.98 Å². The van der Waals surface area contributed by atoms with E-state index in [1.807, 2.05) is 19.1 Å². The zero-order valence-electron chi connectivity index (χ0n) is 13.3. The molecule has 0 amide bonds. The van der Waals surface area contributed by atoms with E-state index in [9.17, 15) is 4.39 Å². The Morgan fingerprint density at radius 3 is 2.46 bits per heavy atom. The molecule has 120 valence electrons. The van der Waals surface area contributed by atoms with E-state index in [1.165, 1.54) is 25.0 Å². The monoisotopic (exact) mass is 320 g/mol. The van der Waals surface area contributed by atoms with Crippen LogP contribution in [0.4, 0.5) is 10.2 Å². The number of hydrogen-bond donors (Lipinski definition) is 1. The molecule has 1 aliphatic rings. The van der Waals surface area contributed by atoms with E-state index in [1.54, 1.807) is 24.5 Å². The molecule has 0 atom stereocenters. The van der Waals surface area contributed by atoms with E-state index >= 15 is 0 Å². The smallest absolute Gasteiger partial charge is 0.130 e. The van der Waals surface area contributed by atoms with Crippen LogP contribution in [0.3, 0.4) is 0 Å². The highest BCUT2D eigenvalue weighted by Gasteiger charge is 2.21. The highest BCUT2D eigenvalue weighted by Crippen LogP contribution is 2.28. The molecular formula is C19H17FN4. The Bertz CT molecular complexity index is 873. The number of hydrogen-bond acceptors (Lipinski definition) is 4. The largest absolute Gasteiger partial charge is 0.367 e. The number of halogens is 1. The molecule has 2 aromatic heterocycles. The summed E-state index contributed by atoms with van der Waals surface area (Å²) in [5, 5.41) is 3.41. The van der Waals surface area contributed by atoms with Crippen molar-refractivity contribution in [3.8, 4) is 22.4 Å². The summed E-state index contributed by atoms with van der Waals surface area (Å²) in [6, 6.07) is 10.9. The number of anilines is 1. The Morgan fingerprint density at radius 2 is 1.71 bits per heavy atom. The first kappa shape index (κ1) is 14.8. The standard InChI is InChI=1S/C19H17FN4/c1-12-22-18(9-19(23-12)24-17-6-7-17)15-8-14(10-21-11-15)13-2-4-16(20)5-3-13/h2-5,8-11,17H,6-7H2,1H3,(H,22,23,24). The zero-order chi connectivity index (χ0) is 16.5. The fraction of sp³-hybridized carbons (Fsp3) is 0.211. The van der Waals surface area contributed by atoms with Crippen LogP contribution in [0.1, 0.15) is 18.7 Å². The van der Waals surface area contributed by atoms with Crippen molar-refractivity contribution in [3.05, 3.63) is 60.4 Å². The number of nitrogens with zero attached hydrogens (tertiary/aromatic N) is 3. The number of aromatic nitrogens is 3. The summed E-state index contributed by atoms with van der Waals surface area (Å²) in [5.74, 6) is 1.33. The number of nitrogens with one attached hydrogen (secondary N) is 1. The summed E-state index contributed by atoms with van der Waals surface area (Å²) < 4.78 is 13.1. The predicted octanol–water partition coefficient (Wildman–Crippen LogP) is 4.23. The van der Waals surface area contributed by atoms with E-state index in [4.69, 9.17) is 0 Å². The van der Waals surface area contributed by atoms with Crippen molar-refractivity contribution in [1.29, 1.82) is 0 Å². The molecule has 4 rings (SSSR count). The van der Waals surface area contributed by atoms with Crippen molar-refractivity contribution in [2.24, 2.45) is 0 Å². The van der Waals surface area contributed by atoms with Crippen molar-refractivity contribution in [1.82, 2.24) is 15.0 Å². The SMILES string of the molecule is Cc1nc(NC2CC2)cc(-c2cncc(-c3ccc(F)cc3)c2)n1. The van der Waals surface area contributed by atoms with Gasteiger partial charge < -0.3 is 5.32 Å². The normalized spacial score (nSPS) is 13.8. The summed E-state index contributed by atoms with van der Waals surface area (Å²) in [4.78, 5) is 13.3. The first-order valence-corrected chi connectivity index (χ1v) is 8.01. The van der Waals surface area contributed by atoms with E-state index < -0.39 is 0 Å². The van der Waals surface area contributed by atoms with E-state index in [2.05, 4.69) is 20.3 Å². The third kappa shape index (κ3) is 3.25. The lowest BCUT2D eigenvalue weighted by molar-refractivity contribution is 0.628. The van der Waals surface area contributed by atoms with Gasteiger partial charge in [-0.05, 0) is 43.5 Å². The number of aryl methyl sites for hydroxylation is 1. The fourth-order valence-corrected chi connectivity index (χ4v) is 2.61. The van der Waals surface area contributed by atoms with Gasteiger partial charge in [0, 0.05) is 35.6 Å². The molecule has 2 heterocycles. The Morgan fingerprint density at radius 1 is 0.958 bits per heavy atom. The fourth-order valence-electron chi connectivity index (χ4n) is 2.61. The van der Waals surface area contributed by atoms with Crippen LogP contribution in [0.5, 0.6) is 0 Å². The van der Waals surface area contributed by atoms with Crippen LogP contribution in [0.15, 0.2) is 48.8 Å². The molecule has 0 spiro atoms. The lowest BCUT2D eigenvalue weighted by Gasteiger charge is -2.09. The van der Waals surface area contributed by atoms with Gasteiger partial charge >= 0.3 is 0 Å². The molecule has 1 aromatic carbocycles. The maximum Gasteiger partial charge on any atom is 0.130 e. The van der Waals surface area contributed by atoms with Crippen LogP contribution in [-0.2, 0) is 0 Å². The molecule has 4 nitrogen and oxygen atoms in total. The van der Waals surface area contributed by atoms with Gasteiger partial charge in [-0.15, -0.1) is 0 Å². The summed E-state index contributed by atoms with van der Waals surface area (Å²) in [6.07, 6.45) is 5.95. The van der Waals surface area contributed by atoms with Crippen LogP contribution in [-0.4, -0.2) is 21.0 Å². The summed E-state index contributed by atoms with van der Waals surface area (Å²) >= 11 is 0. The van der Waals surface area contributed by atoms with Crippen LogP contribution in [0.2, 0.25) is 0 Å². The Labute approximate surface area is 139 Å². The third-order valence-electron chi connectivity index (χ3n) is 3.98. The summed E-state index contributed by atoms with van der Waals surface area (Å²) in [5.41, 5.74) is 3.61. The first-order valence-electron chi connectivity index (χ1n) is 8.01.